The van der Waals surface area contributed by atoms with Crippen molar-refractivity contribution in [3.63, 3.8) is 0 Å². The third kappa shape index (κ3) is 2.77. The summed E-state index contributed by atoms with van der Waals surface area (Å²) in [6, 6.07) is 1.66. The Hall–Kier alpha value is -0.430. The van der Waals surface area contributed by atoms with Gasteiger partial charge in [-0.25, -0.2) is 13.1 Å². The zero-order chi connectivity index (χ0) is 13.2. The monoisotopic (exact) mass is 288 g/mol. The second-order valence-electron chi connectivity index (χ2n) is 5.01. The fourth-order valence-corrected chi connectivity index (χ4v) is 4.68. The minimum atomic E-state index is -3.36. The van der Waals surface area contributed by atoms with Gasteiger partial charge >= 0.3 is 0 Å². The molecule has 0 atom stereocenters. The van der Waals surface area contributed by atoms with Gasteiger partial charge in [-0.15, -0.1) is 11.3 Å². The number of thiophene rings is 1. The Bertz CT molecular complexity index is 498. The van der Waals surface area contributed by atoms with Gasteiger partial charge in [0, 0.05) is 13.1 Å². The van der Waals surface area contributed by atoms with E-state index in [1.54, 1.807) is 11.4 Å². The molecule has 1 aliphatic rings. The van der Waals surface area contributed by atoms with Gasteiger partial charge in [0.2, 0.25) is 10.0 Å². The van der Waals surface area contributed by atoms with Gasteiger partial charge in [0.1, 0.15) is 4.21 Å². The van der Waals surface area contributed by atoms with Gasteiger partial charge in [-0.2, -0.15) is 0 Å². The van der Waals surface area contributed by atoms with Crippen molar-refractivity contribution in [1.29, 1.82) is 0 Å². The molecule has 0 amide bonds. The van der Waals surface area contributed by atoms with Gasteiger partial charge in [-0.3, -0.25) is 0 Å². The van der Waals surface area contributed by atoms with Crippen LogP contribution in [0.5, 0.6) is 0 Å². The topological polar surface area (TPSA) is 72.2 Å². The lowest BCUT2D eigenvalue weighted by atomic mass is 9.67. The van der Waals surface area contributed by atoms with Crippen LogP contribution < -0.4 is 10.5 Å². The Morgan fingerprint density at radius 1 is 1.50 bits per heavy atom. The number of nitrogens with one attached hydrogen (secondary N) is 1. The molecule has 0 saturated heterocycles. The van der Waals surface area contributed by atoms with Crippen molar-refractivity contribution in [3.8, 4) is 0 Å². The van der Waals surface area contributed by atoms with Crippen molar-refractivity contribution in [2.45, 2.75) is 43.4 Å². The maximum atomic E-state index is 12.1. The largest absolute Gasteiger partial charge is 0.326 e. The molecule has 18 heavy (non-hydrogen) atoms. The van der Waals surface area contributed by atoms with Gasteiger partial charge < -0.3 is 5.73 Å². The molecule has 1 saturated carbocycles. The van der Waals surface area contributed by atoms with E-state index >= 15 is 0 Å². The van der Waals surface area contributed by atoms with Crippen LogP contribution in [0.2, 0.25) is 0 Å². The molecule has 1 fully saturated rings. The smallest absolute Gasteiger partial charge is 0.250 e. The van der Waals surface area contributed by atoms with Crippen molar-refractivity contribution in [2.24, 2.45) is 11.1 Å². The Labute approximate surface area is 113 Å². The number of hydrogen-bond donors (Lipinski definition) is 2. The van der Waals surface area contributed by atoms with E-state index in [0.717, 1.165) is 24.8 Å². The molecule has 0 bridgehead atoms. The molecular weight excluding hydrogens is 268 g/mol. The fraction of sp³-hybridized carbons (Fsp3) is 0.667. The van der Waals surface area contributed by atoms with Gasteiger partial charge in [0.05, 0.1) is 0 Å². The van der Waals surface area contributed by atoms with E-state index in [0.29, 0.717) is 17.3 Å². The third-order valence-corrected chi connectivity index (χ3v) is 6.82. The molecule has 102 valence electrons. The van der Waals surface area contributed by atoms with Crippen molar-refractivity contribution in [3.05, 3.63) is 17.0 Å². The third-order valence-electron chi connectivity index (χ3n) is 3.93. The summed E-state index contributed by atoms with van der Waals surface area (Å²) < 4.78 is 27.4. The van der Waals surface area contributed by atoms with Crippen LogP contribution >= 0.6 is 11.3 Å². The predicted octanol–water partition coefficient (Wildman–Crippen LogP) is 2.07. The lowest BCUT2D eigenvalue weighted by molar-refractivity contribution is 0.133. The van der Waals surface area contributed by atoms with Crippen LogP contribution in [0.1, 0.15) is 38.2 Å². The molecule has 0 unspecified atom stereocenters. The van der Waals surface area contributed by atoms with Crippen LogP contribution in [0.15, 0.2) is 15.7 Å². The van der Waals surface area contributed by atoms with E-state index < -0.39 is 10.0 Å². The zero-order valence-corrected chi connectivity index (χ0v) is 12.2. The van der Waals surface area contributed by atoms with Crippen LogP contribution in [-0.2, 0) is 16.6 Å². The summed E-state index contributed by atoms with van der Waals surface area (Å²) in [7, 11) is -3.36. The van der Waals surface area contributed by atoms with Gasteiger partial charge in [-0.1, -0.05) is 13.3 Å². The molecule has 0 spiro atoms. The molecule has 0 aliphatic heterocycles. The maximum Gasteiger partial charge on any atom is 0.250 e. The average molecular weight is 288 g/mol. The summed E-state index contributed by atoms with van der Waals surface area (Å²) in [6.45, 7) is 3.07. The Balaban J connectivity index is 2.03. The first-order valence-corrected chi connectivity index (χ1v) is 8.65. The second-order valence-corrected chi connectivity index (χ2v) is 7.91. The molecule has 0 aromatic carbocycles. The van der Waals surface area contributed by atoms with Crippen LogP contribution in [0.3, 0.4) is 0 Å². The van der Waals surface area contributed by atoms with Crippen molar-refractivity contribution < 1.29 is 8.42 Å². The molecule has 1 aromatic heterocycles. The zero-order valence-electron chi connectivity index (χ0n) is 10.6. The molecule has 2 rings (SSSR count). The molecule has 1 aromatic rings. The van der Waals surface area contributed by atoms with Crippen LogP contribution in [0.4, 0.5) is 0 Å². The maximum absolute atomic E-state index is 12.1. The average Bonchev–Trinajstić information content (AvgIpc) is 2.77. The number of nitrogens with two attached hydrogens (primary N) is 1. The summed E-state index contributed by atoms with van der Waals surface area (Å²) in [4.78, 5) is 0. The summed E-state index contributed by atoms with van der Waals surface area (Å²) in [5.41, 5.74) is 6.56. The Kier molecular flexibility index (Phi) is 4.11. The van der Waals surface area contributed by atoms with E-state index in [2.05, 4.69) is 11.6 Å². The van der Waals surface area contributed by atoms with Crippen LogP contribution in [0, 0.1) is 5.41 Å². The summed E-state index contributed by atoms with van der Waals surface area (Å²) in [5, 5.41) is 1.80. The highest BCUT2D eigenvalue weighted by Gasteiger charge is 2.36. The van der Waals surface area contributed by atoms with E-state index in [-0.39, 0.29) is 5.41 Å². The minimum absolute atomic E-state index is 0.195. The van der Waals surface area contributed by atoms with Crippen LogP contribution in [-0.4, -0.2) is 15.0 Å². The minimum Gasteiger partial charge on any atom is -0.326 e. The number of sulfonamides is 1. The van der Waals surface area contributed by atoms with Crippen molar-refractivity contribution in [1.82, 2.24) is 4.72 Å². The second kappa shape index (κ2) is 5.28. The van der Waals surface area contributed by atoms with Crippen molar-refractivity contribution >= 4 is 21.4 Å². The van der Waals surface area contributed by atoms with Crippen molar-refractivity contribution in [2.75, 3.05) is 6.54 Å². The SMILES string of the molecule is CCC1(CNS(=O)(=O)c2cc(CN)cs2)CCC1. The van der Waals surface area contributed by atoms with Gasteiger partial charge in [0.15, 0.2) is 0 Å². The van der Waals surface area contributed by atoms with E-state index in [1.165, 1.54) is 17.8 Å². The van der Waals surface area contributed by atoms with E-state index in [1.807, 2.05) is 0 Å². The molecule has 1 aliphatic carbocycles. The highest BCUT2D eigenvalue weighted by Crippen LogP contribution is 2.43. The molecule has 3 N–H and O–H groups in total. The molecular formula is C12H20N2O2S2. The normalized spacial score (nSPS) is 18.6. The summed E-state index contributed by atoms with van der Waals surface area (Å²) in [6.07, 6.45) is 4.51. The van der Waals surface area contributed by atoms with Crippen LogP contribution in [0.25, 0.3) is 0 Å². The standard InChI is InChI=1S/C12H20N2O2S2/c1-2-12(4-3-5-12)9-14-18(15,16)11-6-10(7-13)8-17-11/h6,8,14H,2-5,7,9,13H2,1H3. The molecule has 6 heteroatoms. The Morgan fingerprint density at radius 3 is 2.67 bits per heavy atom. The lowest BCUT2D eigenvalue weighted by Gasteiger charge is -2.41. The molecule has 4 nitrogen and oxygen atoms in total. The quantitative estimate of drug-likeness (QED) is 0.841. The highest BCUT2D eigenvalue weighted by atomic mass is 32.2. The Morgan fingerprint density at radius 2 is 2.22 bits per heavy atom. The molecule has 1 heterocycles. The molecule has 0 radical (unpaired) electrons. The first kappa shape index (κ1) is 14.0. The fourth-order valence-electron chi connectivity index (χ4n) is 2.25. The predicted molar refractivity (Wildman–Crippen MR) is 74.0 cm³/mol. The number of rotatable bonds is 6. The first-order valence-electron chi connectivity index (χ1n) is 6.28. The number of hydrogen-bond acceptors (Lipinski definition) is 4. The lowest BCUT2D eigenvalue weighted by Crippen LogP contribution is -2.41. The van der Waals surface area contributed by atoms with Gasteiger partial charge in [-0.05, 0) is 41.7 Å². The summed E-state index contributed by atoms with van der Waals surface area (Å²) in [5.74, 6) is 0. The van der Waals surface area contributed by atoms with Gasteiger partial charge in [0.25, 0.3) is 0 Å². The van der Waals surface area contributed by atoms with E-state index in [9.17, 15) is 8.42 Å². The first-order chi connectivity index (χ1) is 8.51. The summed E-state index contributed by atoms with van der Waals surface area (Å²) >= 11 is 1.23. The van der Waals surface area contributed by atoms with E-state index in [4.69, 9.17) is 5.73 Å². The highest BCUT2D eigenvalue weighted by molar-refractivity contribution is 7.91.